The van der Waals surface area contributed by atoms with Crippen LogP contribution in [0.2, 0.25) is 0 Å². The Bertz CT molecular complexity index is 566. The Kier molecular flexibility index (Phi) is 4.37. The zero-order valence-corrected chi connectivity index (χ0v) is 14.2. The maximum Gasteiger partial charge on any atom is 0.223 e. The van der Waals surface area contributed by atoms with Gasteiger partial charge in [-0.3, -0.25) is 14.1 Å². The van der Waals surface area contributed by atoms with Crippen molar-refractivity contribution in [3.8, 4) is 0 Å². The lowest BCUT2D eigenvalue weighted by atomic mass is 10.0. The van der Waals surface area contributed by atoms with Gasteiger partial charge in [-0.05, 0) is 25.7 Å². The highest BCUT2D eigenvalue weighted by molar-refractivity contribution is 7.09. The van der Waals surface area contributed by atoms with Gasteiger partial charge < -0.3 is 4.90 Å². The summed E-state index contributed by atoms with van der Waals surface area (Å²) in [5.74, 6) is 0.820. The number of aromatic nitrogens is 1. The van der Waals surface area contributed by atoms with E-state index in [-0.39, 0.29) is 18.5 Å². The second-order valence-electron chi connectivity index (χ2n) is 7.23. The molecule has 0 radical (unpaired) electrons. The first-order chi connectivity index (χ1) is 11.2. The molecule has 1 unspecified atom stereocenters. The number of piperidine rings is 1. The molecule has 4 nitrogen and oxygen atoms in total. The van der Waals surface area contributed by atoms with E-state index in [0.717, 1.165) is 38.4 Å². The van der Waals surface area contributed by atoms with E-state index >= 15 is 0 Å². The minimum Gasteiger partial charge on any atom is -0.339 e. The zero-order chi connectivity index (χ0) is 15.8. The largest absolute Gasteiger partial charge is 0.339 e. The van der Waals surface area contributed by atoms with Crippen molar-refractivity contribution < 1.29 is 9.18 Å². The fraction of sp³-hybridized carbons (Fsp3) is 0.765. The van der Waals surface area contributed by atoms with Gasteiger partial charge in [-0.2, -0.15) is 0 Å². The highest BCUT2D eigenvalue weighted by Gasteiger charge is 2.35. The number of hydrogen-bond donors (Lipinski definition) is 0. The van der Waals surface area contributed by atoms with E-state index in [1.807, 2.05) is 4.90 Å². The van der Waals surface area contributed by atoms with Crippen LogP contribution < -0.4 is 0 Å². The lowest BCUT2D eigenvalue weighted by molar-refractivity contribution is -0.130. The molecule has 23 heavy (non-hydrogen) atoms. The van der Waals surface area contributed by atoms with Gasteiger partial charge in [0.25, 0.3) is 0 Å². The van der Waals surface area contributed by atoms with Crippen molar-refractivity contribution in [3.05, 3.63) is 16.1 Å². The first kappa shape index (κ1) is 15.5. The summed E-state index contributed by atoms with van der Waals surface area (Å²) in [5.41, 5.74) is 1.20. The minimum absolute atomic E-state index is 0.0728. The lowest BCUT2D eigenvalue weighted by Gasteiger charge is -2.36. The number of rotatable bonds is 5. The number of alkyl halides is 1. The van der Waals surface area contributed by atoms with E-state index in [9.17, 15) is 9.18 Å². The molecule has 4 rings (SSSR count). The molecule has 1 amide bonds. The number of halogens is 1. The maximum atomic E-state index is 12.8. The summed E-state index contributed by atoms with van der Waals surface area (Å²) in [5, 5.41) is 3.52. The standard InChI is InChI=1S/C17H24FN3OS/c18-8-12-7-16(22)21(9-12)15-3-5-20(6-4-15)10-14-11-23-17(19-14)13-1-2-13/h11-13,15H,1-10H2. The van der Waals surface area contributed by atoms with Crippen LogP contribution in [-0.2, 0) is 11.3 Å². The van der Waals surface area contributed by atoms with Crippen LogP contribution in [0.5, 0.6) is 0 Å². The third-order valence-electron chi connectivity index (χ3n) is 5.34. The molecule has 3 aliphatic rings. The smallest absolute Gasteiger partial charge is 0.223 e. The number of nitrogens with zero attached hydrogens (tertiary/aromatic N) is 3. The molecular weight excluding hydrogens is 313 g/mol. The van der Waals surface area contributed by atoms with Gasteiger partial charge in [0.05, 0.1) is 17.4 Å². The number of thiazole rings is 1. The van der Waals surface area contributed by atoms with E-state index in [1.54, 1.807) is 11.3 Å². The first-order valence-corrected chi connectivity index (χ1v) is 9.63. The molecule has 0 aromatic carbocycles. The van der Waals surface area contributed by atoms with Crippen molar-refractivity contribution in [2.24, 2.45) is 5.92 Å². The van der Waals surface area contributed by atoms with Gasteiger partial charge in [0, 0.05) is 55.9 Å². The summed E-state index contributed by atoms with van der Waals surface area (Å²) >= 11 is 1.81. The van der Waals surface area contributed by atoms with Crippen LogP contribution in [0.4, 0.5) is 4.39 Å². The van der Waals surface area contributed by atoms with Crippen LogP contribution in [0.15, 0.2) is 5.38 Å². The van der Waals surface area contributed by atoms with Crippen molar-refractivity contribution in [2.75, 3.05) is 26.3 Å². The molecule has 3 fully saturated rings. The van der Waals surface area contributed by atoms with Crippen LogP contribution in [0.25, 0.3) is 0 Å². The number of carbonyl (C=O) groups is 1. The SMILES string of the molecule is O=C1CC(CF)CN1C1CCN(Cc2csc(C3CC3)n2)CC1. The molecular formula is C17H24FN3OS. The molecule has 1 aliphatic carbocycles. The minimum atomic E-state index is -0.367. The number of likely N-dealkylation sites (tertiary alicyclic amines) is 2. The van der Waals surface area contributed by atoms with Crippen molar-refractivity contribution in [2.45, 2.75) is 50.6 Å². The molecule has 1 atom stereocenters. The molecule has 2 saturated heterocycles. The third-order valence-corrected chi connectivity index (χ3v) is 6.39. The maximum absolute atomic E-state index is 12.8. The van der Waals surface area contributed by atoms with E-state index < -0.39 is 0 Å². The van der Waals surface area contributed by atoms with Crippen LogP contribution in [0.1, 0.15) is 48.7 Å². The number of carbonyl (C=O) groups excluding carboxylic acids is 1. The molecule has 1 aromatic rings. The highest BCUT2D eigenvalue weighted by Crippen LogP contribution is 2.41. The van der Waals surface area contributed by atoms with Crippen molar-refractivity contribution in [1.29, 1.82) is 0 Å². The summed E-state index contributed by atoms with van der Waals surface area (Å²) in [6, 6.07) is 0.313. The van der Waals surface area contributed by atoms with E-state index in [0.29, 0.717) is 19.0 Å². The highest BCUT2D eigenvalue weighted by atomic mass is 32.1. The summed E-state index contributed by atoms with van der Waals surface area (Å²) in [6.07, 6.45) is 5.03. The second kappa shape index (κ2) is 6.48. The topological polar surface area (TPSA) is 36.4 Å². The quantitative estimate of drug-likeness (QED) is 0.829. The van der Waals surface area contributed by atoms with Crippen molar-refractivity contribution >= 4 is 17.2 Å². The molecule has 1 aromatic heterocycles. The van der Waals surface area contributed by atoms with Crippen LogP contribution in [0.3, 0.4) is 0 Å². The van der Waals surface area contributed by atoms with Crippen molar-refractivity contribution in [3.63, 3.8) is 0 Å². The summed E-state index contributed by atoms with van der Waals surface area (Å²) in [4.78, 5) is 21.2. The van der Waals surface area contributed by atoms with Gasteiger partial charge in [0.2, 0.25) is 5.91 Å². The van der Waals surface area contributed by atoms with Crippen LogP contribution >= 0.6 is 11.3 Å². The molecule has 6 heteroatoms. The first-order valence-electron chi connectivity index (χ1n) is 8.75. The van der Waals surface area contributed by atoms with Crippen molar-refractivity contribution in [1.82, 2.24) is 14.8 Å². The van der Waals surface area contributed by atoms with Gasteiger partial charge >= 0.3 is 0 Å². The van der Waals surface area contributed by atoms with E-state index in [2.05, 4.69) is 10.3 Å². The zero-order valence-electron chi connectivity index (χ0n) is 13.4. The van der Waals surface area contributed by atoms with Gasteiger partial charge in [-0.1, -0.05) is 0 Å². The predicted octanol–water partition coefficient (Wildman–Crippen LogP) is 2.80. The number of hydrogen-bond acceptors (Lipinski definition) is 4. The van der Waals surface area contributed by atoms with Gasteiger partial charge in [0.1, 0.15) is 0 Å². The molecule has 2 aliphatic heterocycles. The average molecular weight is 337 g/mol. The molecule has 0 bridgehead atoms. The molecule has 1 saturated carbocycles. The summed E-state index contributed by atoms with van der Waals surface area (Å²) in [6.45, 7) is 3.19. The lowest BCUT2D eigenvalue weighted by Crippen LogP contribution is -2.45. The normalized spacial score (nSPS) is 27.1. The van der Waals surface area contributed by atoms with Crippen LogP contribution in [0, 0.1) is 5.92 Å². The van der Waals surface area contributed by atoms with Crippen LogP contribution in [-0.4, -0.2) is 53.0 Å². The Hall–Kier alpha value is -1.01. The summed E-state index contributed by atoms with van der Waals surface area (Å²) < 4.78 is 12.8. The molecule has 0 spiro atoms. The second-order valence-corrected chi connectivity index (χ2v) is 8.12. The predicted molar refractivity (Wildman–Crippen MR) is 88.2 cm³/mol. The fourth-order valence-electron chi connectivity index (χ4n) is 3.80. The summed E-state index contributed by atoms with van der Waals surface area (Å²) in [7, 11) is 0. The van der Waals surface area contributed by atoms with E-state index in [1.165, 1.54) is 23.5 Å². The Morgan fingerprint density at radius 3 is 2.70 bits per heavy atom. The Labute approximate surface area is 140 Å². The third kappa shape index (κ3) is 3.43. The van der Waals surface area contributed by atoms with E-state index in [4.69, 9.17) is 4.98 Å². The Morgan fingerprint density at radius 1 is 1.26 bits per heavy atom. The Morgan fingerprint density at radius 2 is 2.04 bits per heavy atom. The van der Waals surface area contributed by atoms with Gasteiger partial charge in [0.15, 0.2) is 0 Å². The fourth-order valence-corrected chi connectivity index (χ4v) is 4.78. The molecule has 0 N–H and O–H groups in total. The number of amides is 1. The van der Waals surface area contributed by atoms with Gasteiger partial charge in [-0.15, -0.1) is 11.3 Å². The Balaban J connectivity index is 1.28. The molecule has 126 valence electrons. The monoisotopic (exact) mass is 337 g/mol. The van der Waals surface area contributed by atoms with Gasteiger partial charge in [-0.25, -0.2) is 4.98 Å². The molecule has 3 heterocycles. The average Bonchev–Trinajstić information content (AvgIpc) is 3.20.